The van der Waals surface area contributed by atoms with Crippen LogP contribution in [0.25, 0.3) is 11.0 Å². The van der Waals surface area contributed by atoms with Crippen molar-refractivity contribution in [3.05, 3.63) is 38.7 Å². The average molecular weight is 346 g/mol. The summed E-state index contributed by atoms with van der Waals surface area (Å²) < 4.78 is 3.12. The van der Waals surface area contributed by atoms with E-state index in [1.165, 1.54) is 11.3 Å². The molecule has 2 amide bonds. The van der Waals surface area contributed by atoms with Gasteiger partial charge in [-0.25, -0.2) is 9.59 Å². The monoisotopic (exact) mass is 346 g/mol. The van der Waals surface area contributed by atoms with Crippen LogP contribution in [0.3, 0.4) is 0 Å². The van der Waals surface area contributed by atoms with Crippen LogP contribution in [-0.4, -0.2) is 31.9 Å². The zero-order valence-electron chi connectivity index (χ0n) is 13.7. The highest BCUT2D eigenvalue weighted by Gasteiger charge is 2.09. The van der Waals surface area contributed by atoms with Crippen LogP contribution in [0.4, 0.5) is 10.5 Å². The Morgan fingerprint density at radius 1 is 1.21 bits per heavy atom. The summed E-state index contributed by atoms with van der Waals surface area (Å²) in [4.78, 5) is 23.9. The molecule has 0 unspecified atom stereocenters. The van der Waals surface area contributed by atoms with Crippen molar-refractivity contribution in [3.63, 3.8) is 0 Å². The number of fused-ring (bicyclic) bond motifs is 1. The summed E-state index contributed by atoms with van der Waals surface area (Å²) in [5.41, 5.74) is 2.12. The number of hydrogen-bond donors (Lipinski definition) is 2. The van der Waals surface area contributed by atoms with Crippen LogP contribution in [0.1, 0.15) is 10.0 Å². The summed E-state index contributed by atoms with van der Waals surface area (Å²) in [6, 6.07) is 5.08. The number of carbonyl (C=O) groups excluding carboxylic acids is 1. The number of anilines is 1. The predicted molar refractivity (Wildman–Crippen MR) is 93.5 cm³/mol. The maximum atomic E-state index is 12.0. The molecule has 9 heteroatoms. The van der Waals surface area contributed by atoms with Crippen molar-refractivity contribution < 1.29 is 4.79 Å². The van der Waals surface area contributed by atoms with Crippen LogP contribution < -0.4 is 16.3 Å². The minimum absolute atomic E-state index is 0.0982. The van der Waals surface area contributed by atoms with E-state index in [2.05, 4.69) is 20.8 Å². The number of urea groups is 1. The number of imidazole rings is 1. The Labute approximate surface area is 142 Å². The van der Waals surface area contributed by atoms with E-state index >= 15 is 0 Å². The minimum Gasteiger partial charge on any atom is -0.337 e. The first kappa shape index (κ1) is 16.2. The zero-order valence-corrected chi connectivity index (χ0v) is 14.5. The van der Waals surface area contributed by atoms with Gasteiger partial charge in [-0.3, -0.25) is 9.13 Å². The number of aromatic nitrogens is 4. The molecule has 1 aromatic carbocycles. The minimum atomic E-state index is -0.295. The Morgan fingerprint density at radius 3 is 2.67 bits per heavy atom. The molecule has 0 aliphatic rings. The summed E-state index contributed by atoms with van der Waals surface area (Å²) in [6.45, 7) is 2.38. The molecule has 2 aromatic heterocycles. The average Bonchev–Trinajstić information content (AvgIpc) is 3.05. The number of carbonyl (C=O) groups is 1. The highest BCUT2D eigenvalue weighted by Crippen LogP contribution is 2.17. The molecule has 126 valence electrons. The molecule has 0 atom stereocenters. The molecule has 2 heterocycles. The Morgan fingerprint density at radius 2 is 1.96 bits per heavy atom. The van der Waals surface area contributed by atoms with Crippen LogP contribution >= 0.6 is 11.3 Å². The first-order chi connectivity index (χ1) is 11.5. The summed E-state index contributed by atoms with van der Waals surface area (Å²) in [6.07, 6.45) is 0.644. The van der Waals surface area contributed by atoms with Crippen molar-refractivity contribution in [2.24, 2.45) is 14.1 Å². The third-order valence-corrected chi connectivity index (χ3v) is 4.62. The third-order valence-electron chi connectivity index (χ3n) is 3.72. The lowest BCUT2D eigenvalue weighted by atomic mass is 10.2. The SMILES string of the molecule is Cc1nnc(CCNC(=O)Nc2ccc3c(c2)n(C)c(=O)n3C)s1. The molecule has 0 saturated heterocycles. The van der Waals surface area contributed by atoms with Crippen LogP contribution in [0.5, 0.6) is 0 Å². The largest absolute Gasteiger partial charge is 0.337 e. The van der Waals surface area contributed by atoms with Gasteiger partial charge >= 0.3 is 11.7 Å². The maximum absolute atomic E-state index is 12.0. The molecule has 3 rings (SSSR count). The number of aryl methyl sites for hydroxylation is 3. The van der Waals surface area contributed by atoms with Gasteiger partial charge in [0.15, 0.2) is 0 Å². The molecule has 3 aromatic rings. The van der Waals surface area contributed by atoms with Crippen LogP contribution in [-0.2, 0) is 20.5 Å². The van der Waals surface area contributed by atoms with Gasteiger partial charge in [-0.15, -0.1) is 21.5 Å². The molecule has 24 heavy (non-hydrogen) atoms. The molecular formula is C15H18N6O2S. The lowest BCUT2D eigenvalue weighted by molar-refractivity contribution is 0.252. The molecular weight excluding hydrogens is 328 g/mol. The normalized spacial score (nSPS) is 11.0. The molecule has 2 N–H and O–H groups in total. The fourth-order valence-electron chi connectivity index (χ4n) is 2.48. The summed E-state index contributed by atoms with van der Waals surface area (Å²) in [5, 5.41) is 15.3. The number of rotatable bonds is 4. The van der Waals surface area contributed by atoms with E-state index in [1.807, 2.05) is 13.0 Å². The van der Waals surface area contributed by atoms with Crippen molar-refractivity contribution in [3.8, 4) is 0 Å². The summed E-state index contributed by atoms with van der Waals surface area (Å²) in [7, 11) is 3.43. The van der Waals surface area contributed by atoms with Crippen molar-refractivity contribution in [2.75, 3.05) is 11.9 Å². The van der Waals surface area contributed by atoms with Gasteiger partial charge in [0.1, 0.15) is 10.0 Å². The van der Waals surface area contributed by atoms with Gasteiger partial charge < -0.3 is 10.6 Å². The van der Waals surface area contributed by atoms with Gasteiger partial charge in [-0.1, -0.05) is 0 Å². The Hall–Kier alpha value is -2.68. The standard InChI is InChI=1S/C15H18N6O2S/c1-9-18-19-13(24-9)6-7-16-14(22)17-10-4-5-11-12(8-10)21(3)15(23)20(11)2/h4-5,8H,6-7H2,1-3H3,(H2,16,17,22). The van der Waals surface area contributed by atoms with Crippen molar-refractivity contribution >= 4 is 34.1 Å². The fourth-order valence-corrected chi connectivity index (χ4v) is 3.19. The zero-order chi connectivity index (χ0) is 17.3. The number of nitrogens with one attached hydrogen (secondary N) is 2. The second kappa shape index (κ2) is 6.44. The maximum Gasteiger partial charge on any atom is 0.328 e. The van der Waals surface area contributed by atoms with Gasteiger partial charge in [0.25, 0.3) is 0 Å². The van der Waals surface area contributed by atoms with E-state index in [4.69, 9.17) is 0 Å². The van der Waals surface area contributed by atoms with Crippen molar-refractivity contribution in [2.45, 2.75) is 13.3 Å². The van der Waals surface area contributed by atoms with Crippen molar-refractivity contribution in [1.82, 2.24) is 24.6 Å². The number of nitrogens with zero attached hydrogens (tertiary/aromatic N) is 4. The van der Waals surface area contributed by atoms with Crippen molar-refractivity contribution in [1.29, 1.82) is 0 Å². The van der Waals surface area contributed by atoms with E-state index in [1.54, 1.807) is 35.4 Å². The fraction of sp³-hybridized carbons (Fsp3) is 0.333. The lowest BCUT2D eigenvalue weighted by Gasteiger charge is -2.07. The van der Waals surface area contributed by atoms with Gasteiger partial charge in [0.2, 0.25) is 0 Å². The van der Waals surface area contributed by atoms with Gasteiger partial charge in [0, 0.05) is 32.7 Å². The first-order valence-electron chi connectivity index (χ1n) is 7.45. The smallest absolute Gasteiger partial charge is 0.328 e. The molecule has 0 fully saturated rings. The van der Waals surface area contributed by atoms with E-state index in [-0.39, 0.29) is 11.7 Å². The van der Waals surface area contributed by atoms with E-state index in [0.29, 0.717) is 18.7 Å². The Balaban J connectivity index is 1.63. The molecule has 0 bridgehead atoms. The summed E-state index contributed by atoms with van der Waals surface area (Å²) >= 11 is 1.52. The second-order valence-electron chi connectivity index (χ2n) is 5.45. The lowest BCUT2D eigenvalue weighted by Crippen LogP contribution is -2.30. The van der Waals surface area contributed by atoms with Crippen LogP contribution in [0.15, 0.2) is 23.0 Å². The van der Waals surface area contributed by atoms with E-state index < -0.39 is 0 Å². The molecule has 0 spiro atoms. The Bertz CT molecular complexity index is 955. The van der Waals surface area contributed by atoms with Gasteiger partial charge in [-0.2, -0.15) is 0 Å². The predicted octanol–water partition coefficient (Wildman–Crippen LogP) is 1.40. The van der Waals surface area contributed by atoms with Gasteiger partial charge in [0.05, 0.1) is 11.0 Å². The Kier molecular flexibility index (Phi) is 4.34. The third kappa shape index (κ3) is 3.16. The first-order valence-corrected chi connectivity index (χ1v) is 8.26. The molecule has 8 nitrogen and oxygen atoms in total. The second-order valence-corrected chi connectivity index (χ2v) is 6.72. The number of hydrogen-bond acceptors (Lipinski definition) is 5. The highest BCUT2D eigenvalue weighted by atomic mass is 32.1. The van der Waals surface area contributed by atoms with Crippen LogP contribution in [0, 0.1) is 6.92 Å². The molecule has 0 aliphatic carbocycles. The molecule has 0 radical (unpaired) electrons. The molecule has 0 aliphatic heterocycles. The number of amides is 2. The van der Waals surface area contributed by atoms with E-state index in [0.717, 1.165) is 21.0 Å². The highest BCUT2D eigenvalue weighted by molar-refractivity contribution is 7.11. The van der Waals surface area contributed by atoms with Crippen LogP contribution in [0.2, 0.25) is 0 Å². The quantitative estimate of drug-likeness (QED) is 0.747. The number of benzene rings is 1. The summed E-state index contributed by atoms with van der Waals surface area (Å²) in [5.74, 6) is 0. The van der Waals surface area contributed by atoms with E-state index in [9.17, 15) is 9.59 Å². The molecule has 0 saturated carbocycles. The van der Waals surface area contributed by atoms with Gasteiger partial charge in [-0.05, 0) is 25.1 Å². The topological polar surface area (TPSA) is 93.8 Å².